The van der Waals surface area contributed by atoms with Crippen LogP contribution in [0.15, 0.2) is 24.3 Å². The molecule has 23 heavy (non-hydrogen) atoms. The number of amides is 1. The molecular weight excluding hydrogens is 292 g/mol. The van der Waals surface area contributed by atoms with Gasteiger partial charge in [0.15, 0.2) is 0 Å². The zero-order chi connectivity index (χ0) is 17.2. The van der Waals surface area contributed by atoms with Crippen molar-refractivity contribution >= 4 is 23.3 Å². The SMILES string of the molecule is CC(C)CCOC(=O)C(C)N1C(=O)C(C)(C)Nc2ccccc21. The van der Waals surface area contributed by atoms with Crippen molar-refractivity contribution in [3.05, 3.63) is 24.3 Å². The summed E-state index contributed by atoms with van der Waals surface area (Å²) in [7, 11) is 0. The standard InChI is InChI=1S/C18H26N2O3/c1-12(2)10-11-23-16(21)13(3)20-15-9-7-6-8-14(15)19-18(4,5)17(20)22/h6-9,12-13,19H,10-11H2,1-5H3. The number of rotatable bonds is 5. The van der Waals surface area contributed by atoms with Crippen LogP contribution in [0.4, 0.5) is 11.4 Å². The van der Waals surface area contributed by atoms with E-state index in [0.717, 1.165) is 12.1 Å². The van der Waals surface area contributed by atoms with Crippen LogP contribution in [0.5, 0.6) is 0 Å². The van der Waals surface area contributed by atoms with E-state index in [2.05, 4.69) is 19.2 Å². The monoisotopic (exact) mass is 318 g/mol. The number of benzene rings is 1. The fourth-order valence-corrected chi connectivity index (χ4v) is 2.60. The van der Waals surface area contributed by atoms with E-state index in [9.17, 15) is 9.59 Å². The van der Waals surface area contributed by atoms with E-state index >= 15 is 0 Å². The van der Waals surface area contributed by atoms with Gasteiger partial charge < -0.3 is 10.1 Å². The lowest BCUT2D eigenvalue weighted by molar-refractivity contribution is -0.146. The summed E-state index contributed by atoms with van der Waals surface area (Å²) in [6.07, 6.45) is 0.816. The van der Waals surface area contributed by atoms with Gasteiger partial charge in [0.1, 0.15) is 11.6 Å². The molecule has 1 amide bonds. The predicted molar refractivity (Wildman–Crippen MR) is 91.5 cm³/mol. The third kappa shape index (κ3) is 3.66. The number of hydrogen-bond donors (Lipinski definition) is 1. The Morgan fingerprint density at radius 3 is 2.57 bits per heavy atom. The van der Waals surface area contributed by atoms with Crippen LogP contribution in [0.25, 0.3) is 0 Å². The Bertz CT molecular complexity index is 596. The van der Waals surface area contributed by atoms with Gasteiger partial charge in [-0.3, -0.25) is 9.69 Å². The summed E-state index contributed by atoms with van der Waals surface area (Å²) in [5, 5.41) is 3.22. The van der Waals surface area contributed by atoms with Gasteiger partial charge in [-0.2, -0.15) is 0 Å². The fraction of sp³-hybridized carbons (Fsp3) is 0.556. The van der Waals surface area contributed by atoms with Crippen LogP contribution in [-0.4, -0.2) is 30.1 Å². The highest BCUT2D eigenvalue weighted by Gasteiger charge is 2.42. The molecule has 1 aromatic rings. The lowest BCUT2D eigenvalue weighted by Crippen LogP contribution is -2.58. The molecule has 0 aliphatic carbocycles. The Labute approximate surface area is 138 Å². The molecule has 1 N–H and O–H groups in total. The molecule has 1 aliphatic heterocycles. The highest BCUT2D eigenvalue weighted by atomic mass is 16.5. The number of hydrogen-bond acceptors (Lipinski definition) is 4. The van der Waals surface area contributed by atoms with Crippen molar-refractivity contribution in [1.29, 1.82) is 0 Å². The minimum atomic E-state index is -0.763. The molecule has 1 aromatic carbocycles. The highest BCUT2D eigenvalue weighted by Crippen LogP contribution is 2.36. The zero-order valence-electron chi connectivity index (χ0n) is 14.6. The van der Waals surface area contributed by atoms with Crippen molar-refractivity contribution in [3.63, 3.8) is 0 Å². The molecule has 0 aromatic heterocycles. The lowest BCUT2D eigenvalue weighted by Gasteiger charge is -2.41. The molecule has 1 aliphatic rings. The van der Waals surface area contributed by atoms with Gasteiger partial charge in [0.25, 0.3) is 5.91 Å². The van der Waals surface area contributed by atoms with E-state index in [-0.39, 0.29) is 11.9 Å². The van der Waals surface area contributed by atoms with Crippen LogP contribution in [-0.2, 0) is 14.3 Å². The lowest BCUT2D eigenvalue weighted by atomic mass is 9.96. The molecular formula is C18H26N2O3. The predicted octanol–water partition coefficient (Wildman–Crippen LogP) is 3.20. The molecule has 126 valence electrons. The summed E-state index contributed by atoms with van der Waals surface area (Å²) in [5.41, 5.74) is 0.796. The summed E-state index contributed by atoms with van der Waals surface area (Å²) in [5.74, 6) is -0.0328. The minimum absolute atomic E-state index is 0.135. The molecule has 2 rings (SSSR count). The first-order chi connectivity index (χ1) is 10.7. The first kappa shape index (κ1) is 17.3. The van der Waals surface area contributed by atoms with Gasteiger partial charge >= 0.3 is 5.97 Å². The van der Waals surface area contributed by atoms with E-state index in [1.165, 1.54) is 0 Å². The van der Waals surface area contributed by atoms with Crippen LogP contribution in [0.1, 0.15) is 41.0 Å². The number of para-hydroxylation sites is 2. The highest BCUT2D eigenvalue weighted by molar-refractivity contribution is 6.10. The first-order valence-electron chi connectivity index (χ1n) is 8.11. The van der Waals surface area contributed by atoms with E-state index in [1.54, 1.807) is 11.8 Å². The topological polar surface area (TPSA) is 58.6 Å². The molecule has 0 radical (unpaired) electrons. The fourth-order valence-electron chi connectivity index (χ4n) is 2.60. The average Bonchev–Trinajstić information content (AvgIpc) is 2.47. The van der Waals surface area contributed by atoms with Gasteiger partial charge in [0.2, 0.25) is 0 Å². The summed E-state index contributed by atoms with van der Waals surface area (Å²) >= 11 is 0. The number of anilines is 2. The quantitative estimate of drug-likeness (QED) is 0.847. The normalized spacial score (nSPS) is 17.5. The zero-order valence-corrected chi connectivity index (χ0v) is 14.6. The van der Waals surface area contributed by atoms with Crippen molar-refractivity contribution in [3.8, 4) is 0 Å². The van der Waals surface area contributed by atoms with Crippen LogP contribution in [0, 0.1) is 5.92 Å². The number of ether oxygens (including phenoxy) is 1. The molecule has 5 heteroatoms. The third-order valence-corrected chi connectivity index (χ3v) is 4.03. The van der Waals surface area contributed by atoms with Gasteiger partial charge in [-0.15, -0.1) is 0 Å². The van der Waals surface area contributed by atoms with Crippen molar-refractivity contribution in [1.82, 2.24) is 0 Å². The summed E-state index contributed by atoms with van der Waals surface area (Å²) in [6, 6.07) is 6.86. The van der Waals surface area contributed by atoms with E-state index in [4.69, 9.17) is 4.74 Å². The largest absolute Gasteiger partial charge is 0.464 e. The Morgan fingerprint density at radius 1 is 1.26 bits per heavy atom. The molecule has 0 bridgehead atoms. The Balaban J connectivity index is 2.22. The van der Waals surface area contributed by atoms with Crippen molar-refractivity contribution in [2.45, 2.75) is 52.6 Å². The number of carbonyl (C=O) groups is 2. The second-order valence-electron chi connectivity index (χ2n) is 6.97. The van der Waals surface area contributed by atoms with Crippen LogP contribution in [0.3, 0.4) is 0 Å². The van der Waals surface area contributed by atoms with E-state index in [0.29, 0.717) is 18.2 Å². The maximum absolute atomic E-state index is 12.8. The van der Waals surface area contributed by atoms with Gasteiger partial charge in [-0.05, 0) is 45.2 Å². The number of carbonyl (C=O) groups excluding carboxylic acids is 2. The van der Waals surface area contributed by atoms with Crippen LogP contribution < -0.4 is 10.2 Å². The number of fused-ring (bicyclic) bond motifs is 1. The van der Waals surface area contributed by atoms with Crippen molar-refractivity contribution in [2.75, 3.05) is 16.8 Å². The van der Waals surface area contributed by atoms with Crippen molar-refractivity contribution in [2.24, 2.45) is 5.92 Å². The summed E-state index contributed by atoms with van der Waals surface area (Å²) < 4.78 is 5.35. The molecule has 1 heterocycles. The van der Waals surface area contributed by atoms with Crippen molar-refractivity contribution < 1.29 is 14.3 Å². The minimum Gasteiger partial charge on any atom is -0.464 e. The summed E-state index contributed by atoms with van der Waals surface area (Å²) in [4.78, 5) is 26.7. The maximum Gasteiger partial charge on any atom is 0.328 e. The number of nitrogens with zero attached hydrogens (tertiary/aromatic N) is 1. The van der Waals surface area contributed by atoms with Gasteiger partial charge in [-0.1, -0.05) is 26.0 Å². The third-order valence-electron chi connectivity index (χ3n) is 4.03. The summed E-state index contributed by atoms with van der Waals surface area (Å²) in [6.45, 7) is 9.88. The molecule has 0 saturated carbocycles. The molecule has 1 atom stereocenters. The number of nitrogens with one attached hydrogen (secondary N) is 1. The Hall–Kier alpha value is -2.04. The van der Waals surface area contributed by atoms with E-state index in [1.807, 2.05) is 38.1 Å². The molecule has 0 saturated heterocycles. The first-order valence-corrected chi connectivity index (χ1v) is 8.11. The number of esters is 1. The van der Waals surface area contributed by atoms with Crippen LogP contribution in [0.2, 0.25) is 0 Å². The molecule has 0 fully saturated rings. The average molecular weight is 318 g/mol. The maximum atomic E-state index is 12.8. The van der Waals surface area contributed by atoms with Crippen LogP contribution >= 0.6 is 0 Å². The second-order valence-corrected chi connectivity index (χ2v) is 6.97. The van der Waals surface area contributed by atoms with Gasteiger partial charge in [0.05, 0.1) is 18.0 Å². The smallest absolute Gasteiger partial charge is 0.328 e. The van der Waals surface area contributed by atoms with Gasteiger partial charge in [-0.25, -0.2) is 4.79 Å². The Morgan fingerprint density at radius 2 is 1.91 bits per heavy atom. The second kappa shape index (κ2) is 6.60. The molecule has 0 spiro atoms. The molecule has 1 unspecified atom stereocenters. The van der Waals surface area contributed by atoms with Gasteiger partial charge in [0, 0.05) is 0 Å². The molecule has 5 nitrogen and oxygen atoms in total. The van der Waals surface area contributed by atoms with E-state index < -0.39 is 11.6 Å². The Kier molecular flexibility index (Phi) is 4.97.